The number of hydrogen-bond acceptors (Lipinski definition) is 3. The molecule has 0 bridgehead atoms. The van der Waals surface area contributed by atoms with Gasteiger partial charge in [-0.1, -0.05) is 53.6 Å². The van der Waals surface area contributed by atoms with Crippen LogP contribution in [0, 0.1) is 6.92 Å². The lowest BCUT2D eigenvalue weighted by molar-refractivity contribution is 0.585. The maximum Gasteiger partial charge on any atom is 0.264 e. The number of fused-ring (bicyclic) bond motifs is 1. The van der Waals surface area contributed by atoms with Crippen molar-refractivity contribution < 1.29 is 8.42 Å². The highest BCUT2D eigenvalue weighted by Crippen LogP contribution is 2.38. The first-order valence-corrected chi connectivity index (χ1v) is 11.8. The van der Waals surface area contributed by atoms with Crippen LogP contribution < -0.4 is 4.31 Å². The standard InChI is InChI=1S/C22H20ClNO2S2/c1-16-9-11-21(12-10-16)28(25,26)24-19(13-17-5-2-3-8-22(17)24)15-27-20-7-4-6-18(23)14-20/h2-12,14,19H,13,15H2,1H3. The molecule has 0 aromatic heterocycles. The molecule has 1 aliphatic rings. The monoisotopic (exact) mass is 429 g/mol. The Morgan fingerprint density at radius 2 is 1.79 bits per heavy atom. The molecular weight excluding hydrogens is 410 g/mol. The zero-order chi connectivity index (χ0) is 19.7. The van der Waals surface area contributed by atoms with Gasteiger partial charge < -0.3 is 0 Å². The number of rotatable bonds is 5. The SMILES string of the molecule is Cc1ccc(S(=O)(=O)N2c3ccccc3CC2CSc2cccc(Cl)c2)cc1. The molecule has 28 heavy (non-hydrogen) atoms. The number of anilines is 1. The van der Waals surface area contributed by atoms with Gasteiger partial charge in [-0.3, -0.25) is 4.31 Å². The van der Waals surface area contributed by atoms with Crippen molar-refractivity contribution in [1.29, 1.82) is 0 Å². The van der Waals surface area contributed by atoms with E-state index in [4.69, 9.17) is 11.6 Å². The molecule has 4 rings (SSSR count). The van der Waals surface area contributed by atoms with Gasteiger partial charge in [0.05, 0.1) is 16.6 Å². The van der Waals surface area contributed by atoms with E-state index in [1.54, 1.807) is 28.2 Å². The molecule has 3 nitrogen and oxygen atoms in total. The zero-order valence-corrected chi connectivity index (χ0v) is 17.8. The predicted octanol–water partition coefficient (Wildman–Crippen LogP) is 5.56. The molecule has 144 valence electrons. The fraction of sp³-hybridized carbons (Fsp3) is 0.182. The third kappa shape index (κ3) is 3.79. The summed E-state index contributed by atoms with van der Waals surface area (Å²) in [5.41, 5.74) is 2.88. The van der Waals surface area contributed by atoms with Crippen LogP contribution in [0.4, 0.5) is 5.69 Å². The highest BCUT2D eigenvalue weighted by molar-refractivity contribution is 7.99. The lowest BCUT2D eigenvalue weighted by Crippen LogP contribution is -2.39. The smallest absolute Gasteiger partial charge is 0.262 e. The Morgan fingerprint density at radius 3 is 2.54 bits per heavy atom. The van der Waals surface area contributed by atoms with Gasteiger partial charge in [0.15, 0.2) is 0 Å². The summed E-state index contributed by atoms with van der Waals surface area (Å²) < 4.78 is 28.6. The Kier molecular flexibility index (Phi) is 5.41. The van der Waals surface area contributed by atoms with E-state index < -0.39 is 10.0 Å². The molecule has 0 aliphatic carbocycles. The van der Waals surface area contributed by atoms with Crippen LogP contribution in [0.3, 0.4) is 0 Å². The minimum absolute atomic E-state index is 0.146. The van der Waals surface area contributed by atoms with E-state index in [0.29, 0.717) is 22.1 Å². The molecule has 0 radical (unpaired) electrons. The number of nitrogens with zero attached hydrogens (tertiary/aromatic N) is 1. The van der Waals surface area contributed by atoms with Gasteiger partial charge in [0, 0.05) is 15.7 Å². The van der Waals surface area contributed by atoms with Crippen molar-refractivity contribution >= 4 is 39.1 Å². The molecule has 0 saturated heterocycles. The lowest BCUT2D eigenvalue weighted by Gasteiger charge is -2.27. The summed E-state index contributed by atoms with van der Waals surface area (Å²) in [5.74, 6) is 0.653. The van der Waals surface area contributed by atoms with Crippen molar-refractivity contribution in [3.05, 3.63) is 88.9 Å². The quantitative estimate of drug-likeness (QED) is 0.498. The number of thioether (sulfide) groups is 1. The van der Waals surface area contributed by atoms with Crippen LogP contribution in [-0.2, 0) is 16.4 Å². The Balaban J connectivity index is 1.67. The van der Waals surface area contributed by atoms with Crippen LogP contribution >= 0.6 is 23.4 Å². The molecule has 0 amide bonds. The van der Waals surface area contributed by atoms with Crippen molar-refractivity contribution in [1.82, 2.24) is 0 Å². The number of sulfonamides is 1. The van der Waals surface area contributed by atoms with Crippen molar-refractivity contribution in [3.63, 3.8) is 0 Å². The molecule has 3 aromatic rings. The van der Waals surface area contributed by atoms with E-state index >= 15 is 0 Å². The maximum atomic E-state index is 13.5. The van der Waals surface area contributed by atoms with Crippen molar-refractivity contribution in [2.75, 3.05) is 10.1 Å². The van der Waals surface area contributed by atoms with Crippen LogP contribution in [-0.4, -0.2) is 20.2 Å². The van der Waals surface area contributed by atoms with E-state index in [9.17, 15) is 8.42 Å². The van der Waals surface area contributed by atoms with E-state index in [1.807, 2.05) is 67.6 Å². The molecule has 1 unspecified atom stereocenters. The number of benzene rings is 3. The van der Waals surface area contributed by atoms with Crippen LogP contribution in [0.2, 0.25) is 5.02 Å². The highest BCUT2D eigenvalue weighted by atomic mass is 35.5. The summed E-state index contributed by atoms with van der Waals surface area (Å²) in [6.07, 6.45) is 0.703. The first-order valence-electron chi connectivity index (χ1n) is 9.02. The van der Waals surface area contributed by atoms with Gasteiger partial charge >= 0.3 is 0 Å². The second-order valence-electron chi connectivity index (χ2n) is 6.87. The van der Waals surface area contributed by atoms with Crippen LogP contribution in [0.5, 0.6) is 0 Å². The first kappa shape index (κ1) is 19.4. The van der Waals surface area contributed by atoms with Gasteiger partial charge in [0.25, 0.3) is 10.0 Å². The first-order chi connectivity index (χ1) is 13.4. The third-order valence-electron chi connectivity index (χ3n) is 4.83. The summed E-state index contributed by atoms with van der Waals surface area (Å²) in [4.78, 5) is 1.36. The predicted molar refractivity (Wildman–Crippen MR) is 117 cm³/mol. The topological polar surface area (TPSA) is 37.4 Å². The van der Waals surface area contributed by atoms with Gasteiger partial charge in [-0.05, 0) is 55.3 Å². The summed E-state index contributed by atoms with van der Waals surface area (Å²) in [6.45, 7) is 1.95. The van der Waals surface area contributed by atoms with Gasteiger partial charge in [0.2, 0.25) is 0 Å². The minimum atomic E-state index is -3.64. The third-order valence-corrected chi connectivity index (χ3v) is 8.09. The largest absolute Gasteiger partial charge is 0.264 e. The van der Waals surface area contributed by atoms with Gasteiger partial charge in [-0.2, -0.15) is 0 Å². The Labute approximate surface area is 175 Å². The molecular formula is C22H20ClNO2S2. The van der Waals surface area contributed by atoms with Crippen molar-refractivity contribution in [2.24, 2.45) is 0 Å². The summed E-state index contributed by atoms with van der Waals surface area (Å²) in [6, 6.07) is 22.3. The van der Waals surface area contributed by atoms with Crippen LogP contribution in [0.15, 0.2) is 82.6 Å². The second-order valence-corrected chi connectivity index (χ2v) is 10.2. The number of para-hydroxylation sites is 1. The van der Waals surface area contributed by atoms with Gasteiger partial charge in [0.1, 0.15) is 0 Å². The van der Waals surface area contributed by atoms with Gasteiger partial charge in [-0.25, -0.2) is 8.42 Å². The van der Waals surface area contributed by atoms with Crippen LogP contribution in [0.25, 0.3) is 0 Å². The zero-order valence-electron chi connectivity index (χ0n) is 15.4. The lowest BCUT2D eigenvalue weighted by atomic mass is 10.1. The normalized spacial score (nSPS) is 16.2. The average Bonchev–Trinajstić information content (AvgIpc) is 3.06. The van der Waals surface area contributed by atoms with E-state index in [-0.39, 0.29) is 6.04 Å². The fourth-order valence-electron chi connectivity index (χ4n) is 3.46. The molecule has 6 heteroatoms. The molecule has 3 aromatic carbocycles. The molecule has 0 saturated carbocycles. The summed E-state index contributed by atoms with van der Waals surface area (Å²) in [7, 11) is -3.64. The second kappa shape index (κ2) is 7.82. The van der Waals surface area contributed by atoms with Crippen molar-refractivity contribution in [3.8, 4) is 0 Å². The number of aryl methyl sites for hydroxylation is 1. The molecule has 0 N–H and O–H groups in total. The van der Waals surface area contributed by atoms with Gasteiger partial charge in [-0.15, -0.1) is 11.8 Å². The van der Waals surface area contributed by atoms with E-state index in [1.165, 1.54) is 0 Å². The number of hydrogen-bond donors (Lipinski definition) is 0. The highest BCUT2D eigenvalue weighted by Gasteiger charge is 2.38. The molecule has 1 aliphatic heterocycles. The minimum Gasteiger partial charge on any atom is -0.262 e. The fourth-order valence-corrected chi connectivity index (χ4v) is 6.53. The average molecular weight is 430 g/mol. The maximum absolute atomic E-state index is 13.5. The Morgan fingerprint density at radius 1 is 1.04 bits per heavy atom. The summed E-state index contributed by atoms with van der Waals surface area (Å²) >= 11 is 7.72. The van der Waals surface area contributed by atoms with E-state index in [0.717, 1.165) is 21.7 Å². The molecule has 0 fully saturated rings. The summed E-state index contributed by atoms with van der Waals surface area (Å²) in [5, 5.41) is 0.684. The van der Waals surface area contributed by atoms with Crippen molar-refractivity contribution in [2.45, 2.75) is 29.2 Å². The molecule has 1 heterocycles. The van der Waals surface area contributed by atoms with Crippen LogP contribution in [0.1, 0.15) is 11.1 Å². The Hall–Kier alpha value is -1.95. The molecule has 1 atom stereocenters. The molecule has 0 spiro atoms. The number of halogens is 1. The Bertz CT molecular complexity index is 1100. The van der Waals surface area contributed by atoms with E-state index in [2.05, 4.69) is 0 Å².